The zero-order valence-corrected chi connectivity index (χ0v) is 17.0. The SMILES string of the molecule is Cc1[nH]c2ccccc2c1-c1csc(NC(=O)CCNc2ccccc2[N+](=O)[O-])n1. The first kappa shape index (κ1) is 19.6. The Balaban J connectivity index is 1.39. The molecule has 0 atom stereocenters. The fourth-order valence-electron chi connectivity index (χ4n) is 3.33. The van der Waals surface area contributed by atoms with Crippen LogP contribution in [0.4, 0.5) is 16.5 Å². The lowest BCUT2D eigenvalue weighted by Gasteiger charge is -2.06. The number of H-pyrrole nitrogens is 1. The van der Waals surface area contributed by atoms with Crippen LogP contribution in [0.5, 0.6) is 0 Å². The highest BCUT2D eigenvalue weighted by atomic mass is 32.1. The Morgan fingerprint density at radius 3 is 2.80 bits per heavy atom. The number of amides is 1. The third-order valence-corrected chi connectivity index (χ3v) is 5.43. The van der Waals surface area contributed by atoms with Crippen LogP contribution in [0.25, 0.3) is 22.2 Å². The zero-order valence-electron chi connectivity index (χ0n) is 16.1. The molecule has 8 nitrogen and oxygen atoms in total. The summed E-state index contributed by atoms with van der Waals surface area (Å²) in [5, 5.41) is 20.3. The highest BCUT2D eigenvalue weighted by Gasteiger charge is 2.15. The lowest BCUT2D eigenvalue weighted by molar-refractivity contribution is -0.384. The lowest BCUT2D eigenvalue weighted by atomic mass is 10.1. The summed E-state index contributed by atoms with van der Waals surface area (Å²) in [6.45, 7) is 2.28. The van der Waals surface area contributed by atoms with Crippen LogP contribution in [0.15, 0.2) is 53.9 Å². The van der Waals surface area contributed by atoms with Gasteiger partial charge in [-0.3, -0.25) is 14.9 Å². The topological polar surface area (TPSA) is 113 Å². The van der Waals surface area contributed by atoms with E-state index in [1.807, 2.05) is 36.6 Å². The van der Waals surface area contributed by atoms with Gasteiger partial charge in [-0.1, -0.05) is 30.3 Å². The minimum atomic E-state index is -0.452. The highest BCUT2D eigenvalue weighted by molar-refractivity contribution is 7.14. The fourth-order valence-corrected chi connectivity index (χ4v) is 4.05. The molecule has 30 heavy (non-hydrogen) atoms. The summed E-state index contributed by atoms with van der Waals surface area (Å²) in [6.07, 6.45) is 0.160. The first-order chi connectivity index (χ1) is 14.5. The summed E-state index contributed by atoms with van der Waals surface area (Å²) in [5.41, 5.74) is 4.28. The molecule has 1 amide bonds. The van der Waals surface area contributed by atoms with Crippen molar-refractivity contribution in [2.45, 2.75) is 13.3 Å². The number of aromatic nitrogens is 2. The summed E-state index contributed by atoms with van der Waals surface area (Å²) in [7, 11) is 0. The van der Waals surface area contributed by atoms with Crippen molar-refractivity contribution in [3.63, 3.8) is 0 Å². The molecule has 0 aliphatic carbocycles. The lowest BCUT2D eigenvalue weighted by Crippen LogP contribution is -2.16. The number of nitrogens with one attached hydrogen (secondary N) is 3. The van der Waals surface area contributed by atoms with Crippen LogP contribution in [-0.4, -0.2) is 27.3 Å². The summed E-state index contributed by atoms with van der Waals surface area (Å²) < 4.78 is 0. The molecule has 0 radical (unpaired) electrons. The maximum Gasteiger partial charge on any atom is 0.292 e. The number of hydrogen-bond acceptors (Lipinski definition) is 6. The van der Waals surface area contributed by atoms with E-state index in [4.69, 9.17) is 0 Å². The number of carbonyl (C=O) groups is 1. The molecule has 0 aliphatic heterocycles. The van der Waals surface area contributed by atoms with Crippen molar-refractivity contribution in [3.8, 4) is 11.3 Å². The van der Waals surface area contributed by atoms with Gasteiger partial charge in [0.2, 0.25) is 5.91 Å². The Hall–Kier alpha value is -3.72. The molecule has 0 fully saturated rings. The van der Waals surface area contributed by atoms with Crippen molar-refractivity contribution in [2.24, 2.45) is 0 Å². The van der Waals surface area contributed by atoms with Gasteiger partial charge in [-0.15, -0.1) is 11.3 Å². The molecule has 0 aliphatic rings. The number of fused-ring (bicyclic) bond motifs is 1. The highest BCUT2D eigenvalue weighted by Crippen LogP contribution is 2.33. The van der Waals surface area contributed by atoms with Crippen LogP contribution in [0.2, 0.25) is 0 Å². The number of aromatic amines is 1. The number of hydrogen-bond donors (Lipinski definition) is 3. The number of aryl methyl sites for hydroxylation is 1. The Morgan fingerprint density at radius 1 is 1.20 bits per heavy atom. The van der Waals surface area contributed by atoms with E-state index in [0.717, 1.165) is 27.9 Å². The molecule has 2 aromatic heterocycles. The van der Waals surface area contributed by atoms with E-state index in [1.54, 1.807) is 18.2 Å². The molecule has 0 saturated heterocycles. The van der Waals surface area contributed by atoms with Gasteiger partial charge in [-0.25, -0.2) is 4.98 Å². The second-order valence-electron chi connectivity index (χ2n) is 6.71. The maximum atomic E-state index is 12.3. The number of benzene rings is 2. The van der Waals surface area contributed by atoms with E-state index in [0.29, 0.717) is 10.8 Å². The van der Waals surface area contributed by atoms with Crippen molar-refractivity contribution in [3.05, 3.63) is 69.7 Å². The number of rotatable bonds is 7. The molecular weight excluding hydrogens is 402 g/mol. The fraction of sp³-hybridized carbons (Fsp3) is 0.143. The average molecular weight is 421 g/mol. The molecular formula is C21H19N5O3S. The molecule has 0 unspecified atom stereocenters. The van der Waals surface area contributed by atoms with Gasteiger partial charge in [-0.2, -0.15) is 0 Å². The van der Waals surface area contributed by atoms with Crippen molar-refractivity contribution in [2.75, 3.05) is 17.2 Å². The van der Waals surface area contributed by atoms with E-state index in [2.05, 4.69) is 20.6 Å². The molecule has 2 heterocycles. The number of thiazole rings is 1. The van der Waals surface area contributed by atoms with Gasteiger partial charge >= 0.3 is 0 Å². The van der Waals surface area contributed by atoms with Gasteiger partial charge in [0.25, 0.3) is 5.69 Å². The molecule has 4 rings (SSSR count). The number of anilines is 2. The third-order valence-electron chi connectivity index (χ3n) is 4.67. The molecule has 0 spiro atoms. The van der Waals surface area contributed by atoms with Crippen molar-refractivity contribution < 1.29 is 9.72 Å². The van der Waals surface area contributed by atoms with E-state index in [9.17, 15) is 14.9 Å². The first-order valence-electron chi connectivity index (χ1n) is 9.33. The number of carbonyl (C=O) groups excluding carboxylic acids is 1. The number of nitro benzene ring substituents is 1. The van der Waals surface area contributed by atoms with E-state index < -0.39 is 4.92 Å². The monoisotopic (exact) mass is 421 g/mol. The molecule has 3 N–H and O–H groups in total. The van der Waals surface area contributed by atoms with Crippen molar-refractivity contribution >= 4 is 44.7 Å². The van der Waals surface area contributed by atoms with Crippen LogP contribution in [-0.2, 0) is 4.79 Å². The van der Waals surface area contributed by atoms with Crippen LogP contribution < -0.4 is 10.6 Å². The van der Waals surface area contributed by atoms with Gasteiger partial charge < -0.3 is 15.6 Å². The van der Waals surface area contributed by atoms with Crippen LogP contribution >= 0.6 is 11.3 Å². The predicted molar refractivity (Wildman–Crippen MR) is 119 cm³/mol. The largest absolute Gasteiger partial charge is 0.379 e. The Morgan fingerprint density at radius 2 is 1.97 bits per heavy atom. The average Bonchev–Trinajstić information content (AvgIpc) is 3.30. The molecule has 9 heteroatoms. The maximum absolute atomic E-state index is 12.3. The van der Waals surface area contributed by atoms with Crippen LogP contribution in [0, 0.1) is 17.0 Å². The van der Waals surface area contributed by atoms with E-state index >= 15 is 0 Å². The number of nitro groups is 1. The normalized spacial score (nSPS) is 10.8. The van der Waals surface area contributed by atoms with Gasteiger partial charge in [0.05, 0.1) is 10.6 Å². The van der Waals surface area contributed by atoms with Gasteiger partial charge in [0.15, 0.2) is 5.13 Å². The summed E-state index contributed by atoms with van der Waals surface area (Å²) in [6, 6.07) is 14.4. The smallest absolute Gasteiger partial charge is 0.292 e. The molecule has 152 valence electrons. The summed E-state index contributed by atoms with van der Waals surface area (Å²) in [5.74, 6) is -0.211. The molecule has 0 saturated carbocycles. The number of nitrogens with zero attached hydrogens (tertiary/aromatic N) is 2. The Labute approximate surface area is 176 Å². The van der Waals surface area contributed by atoms with Gasteiger partial charge in [0, 0.05) is 46.6 Å². The summed E-state index contributed by atoms with van der Waals surface area (Å²) >= 11 is 1.36. The Kier molecular flexibility index (Phi) is 5.44. The minimum Gasteiger partial charge on any atom is -0.379 e. The predicted octanol–water partition coefficient (Wildman–Crippen LogP) is 4.95. The minimum absolute atomic E-state index is 0.0171. The van der Waals surface area contributed by atoms with Crippen LogP contribution in [0.3, 0.4) is 0 Å². The molecule has 2 aromatic carbocycles. The third kappa shape index (κ3) is 4.01. The first-order valence-corrected chi connectivity index (χ1v) is 10.2. The van der Waals surface area contributed by atoms with Crippen molar-refractivity contribution in [1.82, 2.24) is 9.97 Å². The second kappa shape index (κ2) is 8.34. The molecule has 0 bridgehead atoms. The van der Waals surface area contributed by atoms with Gasteiger partial charge in [0.1, 0.15) is 5.69 Å². The zero-order chi connectivity index (χ0) is 21.1. The van der Waals surface area contributed by atoms with Crippen molar-refractivity contribution in [1.29, 1.82) is 0 Å². The standard InChI is InChI=1S/C21H19N5O3S/c1-13-20(14-6-2-3-7-15(14)23-13)17-12-30-21(24-17)25-19(27)10-11-22-16-8-4-5-9-18(16)26(28)29/h2-9,12,22-23H,10-11H2,1H3,(H,24,25,27). The quantitative estimate of drug-likeness (QED) is 0.289. The summed E-state index contributed by atoms with van der Waals surface area (Å²) in [4.78, 5) is 30.8. The van der Waals surface area contributed by atoms with E-state index in [-0.39, 0.29) is 24.6 Å². The Bertz CT molecular complexity index is 1230. The van der Waals surface area contributed by atoms with Crippen LogP contribution in [0.1, 0.15) is 12.1 Å². The second-order valence-corrected chi connectivity index (χ2v) is 7.57. The number of para-hydroxylation sites is 3. The van der Waals surface area contributed by atoms with Gasteiger partial charge in [-0.05, 0) is 19.1 Å². The van der Waals surface area contributed by atoms with E-state index in [1.165, 1.54) is 17.4 Å². The molecule has 4 aromatic rings.